The van der Waals surface area contributed by atoms with Gasteiger partial charge < -0.3 is 14.5 Å². The van der Waals surface area contributed by atoms with Crippen LogP contribution in [0.5, 0.6) is 5.75 Å². The van der Waals surface area contributed by atoms with Gasteiger partial charge in [-0.25, -0.2) is 0 Å². The number of para-hydroxylation sites is 1. The van der Waals surface area contributed by atoms with E-state index < -0.39 is 0 Å². The molecule has 1 aliphatic rings. The average Bonchev–Trinajstić information content (AvgIpc) is 2.56. The lowest BCUT2D eigenvalue weighted by Crippen LogP contribution is -2.26. The number of nitrogens with zero attached hydrogens (tertiary/aromatic N) is 2. The Balaban J connectivity index is 2.05. The molecule has 0 saturated carbocycles. The second-order valence-corrected chi connectivity index (χ2v) is 8.26. The fourth-order valence-corrected chi connectivity index (χ4v) is 4.30. The van der Waals surface area contributed by atoms with Crippen LogP contribution in [-0.4, -0.2) is 38.2 Å². The van der Waals surface area contributed by atoms with Crippen LogP contribution in [0.2, 0.25) is 5.02 Å². The molecule has 0 aromatic heterocycles. The summed E-state index contributed by atoms with van der Waals surface area (Å²) in [7, 11) is 4.22. The zero-order chi connectivity index (χ0) is 18.0. The zero-order valence-electron chi connectivity index (χ0n) is 15.3. The van der Waals surface area contributed by atoms with Crippen LogP contribution in [0.3, 0.4) is 0 Å². The van der Waals surface area contributed by atoms with Crippen LogP contribution in [0.4, 0.5) is 11.4 Å². The van der Waals surface area contributed by atoms with Gasteiger partial charge in [-0.15, -0.1) is 0 Å². The van der Waals surface area contributed by atoms with Crippen molar-refractivity contribution in [2.24, 2.45) is 0 Å². The highest BCUT2D eigenvalue weighted by atomic mass is 35.5. The maximum atomic E-state index is 6.51. The molecule has 2 aromatic carbocycles. The summed E-state index contributed by atoms with van der Waals surface area (Å²) in [5.74, 6) is 0.793. The molecular formula is C20H25ClN2OS. The maximum absolute atomic E-state index is 6.51. The number of ether oxygens (including phenoxy) is 1. The second-order valence-electron chi connectivity index (χ2n) is 6.77. The number of fused-ring (bicyclic) bond motifs is 2. The monoisotopic (exact) mass is 376 g/mol. The molecule has 0 N–H and O–H groups in total. The highest BCUT2D eigenvalue weighted by Crippen LogP contribution is 2.53. The van der Waals surface area contributed by atoms with Gasteiger partial charge in [-0.3, -0.25) is 0 Å². The highest BCUT2D eigenvalue weighted by molar-refractivity contribution is 7.99. The fourth-order valence-electron chi connectivity index (χ4n) is 3.00. The van der Waals surface area contributed by atoms with Crippen molar-refractivity contribution in [3.05, 3.63) is 41.4 Å². The number of anilines is 2. The summed E-state index contributed by atoms with van der Waals surface area (Å²) >= 11 is 8.30. The molecule has 0 unspecified atom stereocenters. The van der Waals surface area contributed by atoms with E-state index in [-0.39, 0.29) is 6.10 Å². The summed E-state index contributed by atoms with van der Waals surface area (Å²) < 4.78 is 6.12. The van der Waals surface area contributed by atoms with E-state index in [1.54, 1.807) is 11.8 Å². The molecule has 0 saturated heterocycles. The van der Waals surface area contributed by atoms with Crippen molar-refractivity contribution in [2.75, 3.05) is 32.1 Å². The summed E-state index contributed by atoms with van der Waals surface area (Å²) in [6.07, 6.45) is 1.15. The minimum absolute atomic E-state index is 0.0785. The maximum Gasteiger partial charge on any atom is 0.163 e. The molecule has 0 atom stereocenters. The van der Waals surface area contributed by atoms with E-state index in [1.807, 2.05) is 19.9 Å². The predicted molar refractivity (Wildman–Crippen MR) is 108 cm³/mol. The van der Waals surface area contributed by atoms with Crippen LogP contribution in [0.15, 0.2) is 46.2 Å². The van der Waals surface area contributed by atoms with Crippen molar-refractivity contribution in [3.8, 4) is 5.75 Å². The van der Waals surface area contributed by atoms with Gasteiger partial charge in [0.05, 0.1) is 22.5 Å². The SMILES string of the molecule is CC(C)Oc1c(Cl)ccc2c1N(CCCN(C)C)c1ccccc1S2. The van der Waals surface area contributed by atoms with E-state index in [0.29, 0.717) is 5.02 Å². The molecule has 0 bridgehead atoms. The lowest BCUT2D eigenvalue weighted by molar-refractivity contribution is 0.242. The van der Waals surface area contributed by atoms with Crippen molar-refractivity contribution in [1.82, 2.24) is 4.90 Å². The van der Waals surface area contributed by atoms with Gasteiger partial charge in [-0.05, 0) is 65.2 Å². The first-order chi connectivity index (χ1) is 12.0. The Morgan fingerprint density at radius 1 is 1.12 bits per heavy atom. The summed E-state index contributed by atoms with van der Waals surface area (Å²) in [5.41, 5.74) is 2.33. The number of hydrogen-bond acceptors (Lipinski definition) is 4. The lowest BCUT2D eigenvalue weighted by atomic mass is 10.2. The zero-order valence-corrected chi connectivity index (χ0v) is 16.8. The average molecular weight is 377 g/mol. The summed E-state index contributed by atoms with van der Waals surface area (Å²) in [6.45, 7) is 6.05. The van der Waals surface area contributed by atoms with Crippen molar-refractivity contribution < 1.29 is 4.74 Å². The van der Waals surface area contributed by atoms with Crippen molar-refractivity contribution >= 4 is 34.7 Å². The molecule has 1 heterocycles. The summed E-state index contributed by atoms with van der Waals surface area (Å²) in [4.78, 5) is 7.06. The van der Waals surface area contributed by atoms with Gasteiger partial charge in [0.2, 0.25) is 0 Å². The predicted octanol–water partition coefficient (Wildman–Crippen LogP) is 5.68. The Kier molecular flexibility index (Phi) is 5.82. The molecule has 134 valence electrons. The Bertz CT molecular complexity index is 748. The Morgan fingerprint density at radius 3 is 2.60 bits per heavy atom. The van der Waals surface area contributed by atoms with Gasteiger partial charge in [-0.2, -0.15) is 0 Å². The molecule has 0 fully saturated rings. The van der Waals surface area contributed by atoms with E-state index in [9.17, 15) is 0 Å². The highest BCUT2D eigenvalue weighted by Gasteiger charge is 2.28. The third-order valence-electron chi connectivity index (χ3n) is 4.03. The minimum atomic E-state index is 0.0785. The van der Waals surface area contributed by atoms with Crippen LogP contribution in [0, 0.1) is 0 Å². The van der Waals surface area contributed by atoms with Crippen molar-refractivity contribution in [2.45, 2.75) is 36.2 Å². The Morgan fingerprint density at radius 2 is 1.88 bits per heavy atom. The van der Waals surface area contributed by atoms with Crippen LogP contribution >= 0.6 is 23.4 Å². The molecule has 0 amide bonds. The molecule has 0 spiro atoms. The molecule has 25 heavy (non-hydrogen) atoms. The first kappa shape index (κ1) is 18.4. The Hall–Kier alpha value is -1.36. The first-order valence-corrected chi connectivity index (χ1v) is 9.85. The molecule has 2 aromatic rings. The largest absolute Gasteiger partial charge is 0.487 e. The van der Waals surface area contributed by atoms with Gasteiger partial charge in [0.15, 0.2) is 5.75 Å². The molecular weight excluding hydrogens is 352 g/mol. The summed E-state index contributed by atoms with van der Waals surface area (Å²) in [5, 5.41) is 0.671. The smallest absolute Gasteiger partial charge is 0.163 e. The quantitative estimate of drug-likeness (QED) is 0.644. The number of halogens is 1. The van der Waals surface area contributed by atoms with E-state index in [1.165, 1.54) is 15.5 Å². The number of hydrogen-bond donors (Lipinski definition) is 0. The van der Waals surface area contributed by atoms with Crippen LogP contribution in [0.1, 0.15) is 20.3 Å². The van der Waals surface area contributed by atoms with E-state index in [4.69, 9.17) is 16.3 Å². The van der Waals surface area contributed by atoms with E-state index in [0.717, 1.165) is 30.9 Å². The van der Waals surface area contributed by atoms with Gasteiger partial charge in [0, 0.05) is 16.3 Å². The van der Waals surface area contributed by atoms with Gasteiger partial charge in [-0.1, -0.05) is 35.5 Å². The van der Waals surface area contributed by atoms with Gasteiger partial charge >= 0.3 is 0 Å². The molecule has 3 nitrogen and oxygen atoms in total. The molecule has 5 heteroatoms. The number of rotatable bonds is 6. The molecule has 1 aliphatic heterocycles. The Labute approximate surface area is 159 Å². The topological polar surface area (TPSA) is 15.7 Å². The van der Waals surface area contributed by atoms with Crippen LogP contribution < -0.4 is 9.64 Å². The van der Waals surface area contributed by atoms with Gasteiger partial charge in [0.1, 0.15) is 0 Å². The molecule has 0 radical (unpaired) electrons. The summed E-state index contributed by atoms with van der Waals surface area (Å²) in [6, 6.07) is 12.6. The van der Waals surface area contributed by atoms with Crippen molar-refractivity contribution in [3.63, 3.8) is 0 Å². The van der Waals surface area contributed by atoms with E-state index >= 15 is 0 Å². The third kappa shape index (κ3) is 4.08. The van der Waals surface area contributed by atoms with E-state index in [2.05, 4.69) is 54.2 Å². The second kappa shape index (κ2) is 7.90. The van der Waals surface area contributed by atoms with Crippen LogP contribution in [-0.2, 0) is 0 Å². The number of benzene rings is 2. The van der Waals surface area contributed by atoms with Crippen molar-refractivity contribution in [1.29, 1.82) is 0 Å². The normalized spacial score (nSPS) is 13.2. The van der Waals surface area contributed by atoms with Crippen LogP contribution in [0.25, 0.3) is 0 Å². The lowest BCUT2D eigenvalue weighted by Gasteiger charge is -2.35. The minimum Gasteiger partial charge on any atom is -0.487 e. The van der Waals surface area contributed by atoms with Gasteiger partial charge in [0.25, 0.3) is 0 Å². The molecule has 3 rings (SSSR count). The molecule has 0 aliphatic carbocycles. The standard InChI is InChI=1S/C20H25ClN2OS/c1-14(2)24-20-15(21)10-11-18-19(20)23(13-7-12-22(3)4)16-8-5-6-9-17(16)25-18/h5-6,8-11,14H,7,12-13H2,1-4H3. The third-order valence-corrected chi connectivity index (χ3v) is 5.45. The fraction of sp³-hybridized carbons (Fsp3) is 0.400. The first-order valence-electron chi connectivity index (χ1n) is 8.65.